The van der Waals surface area contributed by atoms with Gasteiger partial charge in [-0.05, 0) is 12.1 Å². The second-order valence-corrected chi connectivity index (χ2v) is 3.49. The van der Waals surface area contributed by atoms with Gasteiger partial charge in [-0.25, -0.2) is 4.98 Å². The van der Waals surface area contributed by atoms with Crippen molar-refractivity contribution in [2.75, 3.05) is 5.73 Å². The van der Waals surface area contributed by atoms with E-state index in [9.17, 15) is 13.2 Å². The first kappa shape index (κ1) is 10.9. The Labute approximate surface area is 93.1 Å². The van der Waals surface area contributed by atoms with Crippen LogP contribution in [0.3, 0.4) is 0 Å². The molecule has 0 aliphatic rings. The van der Waals surface area contributed by atoms with Gasteiger partial charge in [-0.15, -0.1) is 0 Å². The highest BCUT2D eigenvalue weighted by Crippen LogP contribution is 2.32. The number of nitrogens with two attached hydrogens (primary N) is 1. The molecule has 0 aromatic carbocycles. The number of hydrogen-bond donors (Lipinski definition) is 1. The maximum Gasteiger partial charge on any atom is 0.433 e. The van der Waals surface area contributed by atoms with Crippen LogP contribution in [0.2, 0.25) is 5.15 Å². The summed E-state index contributed by atoms with van der Waals surface area (Å²) >= 11 is 5.63. The Morgan fingerprint density at radius 3 is 2.56 bits per heavy atom. The van der Waals surface area contributed by atoms with E-state index in [-0.39, 0.29) is 10.7 Å². The van der Waals surface area contributed by atoms with E-state index in [4.69, 9.17) is 17.3 Å². The largest absolute Gasteiger partial charge is 0.433 e. The lowest BCUT2D eigenvalue weighted by Crippen LogP contribution is -2.08. The minimum absolute atomic E-state index is 0.113. The Kier molecular flexibility index (Phi) is 2.38. The molecule has 16 heavy (non-hydrogen) atoms. The Morgan fingerprint density at radius 1 is 1.25 bits per heavy atom. The van der Waals surface area contributed by atoms with Crippen LogP contribution >= 0.6 is 11.6 Å². The molecule has 0 saturated heterocycles. The van der Waals surface area contributed by atoms with Gasteiger partial charge in [0, 0.05) is 5.39 Å². The van der Waals surface area contributed by atoms with Crippen molar-refractivity contribution in [3.05, 3.63) is 29.2 Å². The summed E-state index contributed by atoms with van der Waals surface area (Å²) in [6.45, 7) is 0. The number of nitrogens with zero attached hydrogens (tertiary/aromatic N) is 2. The SMILES string of the molecule is Nc1cnc2cc(C(F)(F)F)nc(Cl)c2c1. The fourth-order valence-electron chi connectivity index (χ4n) is 1.24. The van der Waals surface area contributed by atoms with E-state index in [1.807, 2.05) is 0 Å². The van der Waals surface area contributed by atoms with Gasteiger partial charge in [-0.1, -0.05) is 11.6 Å². The quantitative estimate of drug-likeness (QED) is 0.728. The molecule has 84 valence electrons. The van der Waals surface area contributed by atoms with E-state index in [2.05, 4.69) is 9.97 Å². The Balaban J connectivity index is 2.74. The van der Waals surface area contributed by atoms with Crippen LogP contribution in [0.1, 0.15) is 5.69 Å². The molecule has 0 fully saturated rings. The molecule has 0 saturated carbocycles. The molecule has 0 aliphatic heterocycles. The first-order valence-corrected chi connectivity index (χ1v) is 4.54. The predicted octanol–water partition coefficient (Wildman–Crippen LogP) is 2.88. The van der Waals surface area contributed by atoms with E-state index in [0.717, 1.165) is 6.07 Å². The van der Waals surface area contributed by atoms with Crippen molar-refractivity contribution in [2.24, 2.45) is 0 Å². The van der Waals surface area contributed by atoms with Crippen molar-refractivity contribution in [3.63, 3.8) is 0 Å². The van der Waals surface area contributed by atoms with Gasteiger partial charge in [0.25, 0.3) is 0 Å². The summed E-state index contributed by atoms with van der Waals surface area (Å²) in [4.78, 5) is 7.02. The summed E-state index contributed by atoms with van der Waals surface area (Å²) in [5, 5.41) is 0.0410. The zero-order chi connectivity index (χ0) is 11.9. The van der Waals surface area contributed by atoms with Crippen LogP contribution in [0.25, 0.3) is 10.9 Å². The maximum atomic E-state index is 12.4. The normalized spacial score (nSPS) is 12.0. The molecule has 2 aromatic rings. The van der Waals surface area contributed by atoms with Crippen LogP contribution in [0, 0.1) is 0 Å². The predicted molar refractivity (Wildman–Crippen MR) is 54.0 cm³/mol. The molecule has 2 N–H and O–H groups in total. The molecule has 0 amide bonds. The topological polar surface area (TPSA) is 51.8 Å². The van der Waals surface area contributed by atoms with Gasteiger partial charge in [0.15, 0.2) is 0 Å². The van der Waals surface area contributed by atoms with Crippen molar-refractivity contribution in [1.82, 2.24) is 9.97 Å². The summed E-state index contributed by atoms with van der Waals surface area (Å²) in [6, 6.07) is 2.26. The molecule has 0 aliphatic carbocycles. The van der Waals surface area contributed by atoms with Crippen LogP contribution in [-0.4, -0.2) is 9.97 Å². The molecule has 0 bridgehead atoms. The van der Waals surface area contributed by atoms with Gasteiger partial charge >= 0.3 is 6.18 Å². The monoisotopic (exact) mass is 247 g/mol. The van der Waals surface area contributed by atoms with Gasteiger partial charge in [0.1, 0.15) is 10.8 Å². The molecule has 0 unspecified atom stereocenters. The lowest BCUT2D eigenvalue weighted by Gasteiger charge is -2.08. The molecular weight excluding hydrogens is 243 g/mol. The number of aromatic nitrogens is 2. The molecule has 7 heteroatoms. The Morgan fingerprint density at radius 2 is 1.94 bits per heavy atom. The standard InChI is InChI=1S/C9H5ClF3N3/c10-8-5-1-4(14)3-15-6(5)2-7(16-8)9(11,12)13/h1-3H,14H2. The van der Waals surface area contributed by atoms with Gasteiger partial charge in [-0.2, -0.15) is 13.2 Å². The van der Waals surface area contributed by atoms with E-state index in [1.54, 1.807) is 0 Å². The van der Waals surface area contributed by atoms with Gasteiger partial charge in [-0.3, -0.25) is 4.98 Å². The number of halogens is 4. The second-order valence-electron chi connectivity index (χ2n) is 3.13. The molecule has 3 nitrogen and oxygen atoms in total. The van der Waals surface area contributed by atoms with Crippen molar-refractivity contribution in [1.29, 1.82) is 0 Å². The highest BCUT2D eigenvalue weighted by molar-refractivity contribution is 6.34. The van der Waals surface area contributed by atoms with Crippen molar-refractivity contribution in [2.45, 2.75) is 6.18 Å². The summed E-state index contributed by atoms with van der Waals surface area (Å²) in [5.74, 6) is 0. The van der Waals surface area contributed by atoms with Crippen LogP contribution in [0.4, 0.5) is 18.9 Å². The maximum absolute atomic E-state index is 12.4. The van der Waals surface area contributed by atoms with E-state index in [0.29, 0.717) is 11.1 Å². The smallest absolute Gasteiger partial charge is 0.397 e. The molecule has 0 spiro atoms. The number of rotatable bonds is 0. The third-order valence-electron chi connectivity index (χ3n) is 1.94. The molecule has 2 aromatic heterocycles. The number of pyridine rings is 2. The minimum Gasteiger partial charge on any atom is -0.397 e. The number of anilines is 1. The zero-order valence-electron chi connectivity index (χ0n) is 7.72. The summed E-state index contributed by atoms with van der Waals surface area (Å²) < 4.78 is 37.2. The van der Waals surface area contributed by atoms with Crippen molar-refractivity contribution < 1.29 is 13.2 Å². The molecule has 0 radical (unpaired) electrons. The summed E-state index contributed by atoms with van der Waals surface area (Å²) in [7, 11) is 0. The number of alkyl halides is 3. The van der Waals surface area contributed by atoms with Crippen LogP contribution < -0.4 is 5.73 Å². The van der Waals surface area contributed by atoms with Crippen LogP contribution in [0.15, 0.2) is 18.3 Å². The van der Waals surface area contributed by atoms with Crippen LogP contribution in [0.5, 0.6) is 0 Å². The fourth-order valence-corrected chi connectivity index (χ4v) is 1.49. The molecule has 0 atom stereocenters. The highest BCUT2D eigenvalue weighted by atomic mass is 35.5. The third-order valence-corrected chi connectivity index (χ3v) is 2.23. The summed E-state index contributed by atoms with van der Waals surface area (Å²) in [5.41, 5.74) is 4.81. The van der Waals surface area contributed by atoms with E-state index >= 15 is 0 Å². The average Bonchev–Trinajstić information content (AvgIpc) is 2.17. The van der Waals surface area contributed by atoms with Crippen molar-refractivity contribution in [3.8, 4) is 0 Å². The molecule has 2 rings (SSSR count). The first-order valence-electron chi connectivity index (χ1n) is 4.17. The second kappa shape index (κ2) is 3.48. The van der Waals surface area contributed by atoms with Gasteiger partial charge in [0.05, 0.1) is 17.4 Å². The van der Waals surface area contributed by atoms with Gasteiger partial charge in [0.2, 0.25) is 0 Å². The number of hydrogen-bond acceptors (Lipinski definition) is 3. The van der Waals surface area contributed by atoms with E-state index in [1.165, 1.54) is 12.3 Å². The lowest BCUT2D eigenvalue weighted by atomic mass is 10.2. The summed E-state index contributed by atoms with van der Waals surface area (Å²) in [6.07, 6.45) is -3.28. The average molecular weight is 248 g/mol. The third kappa shape index (κ3) is 1.88. The number of nitrogen functional groups attached to an aromatic ring is 1. The molecule has 2 heterocycles. The molecular formula is C9H5ClF3N3. The highest BCUT2D eigenvalue weighted by Gasteiger charge is 2.33. The van der Waals surface area contributed by atoms with Gasteiger partial charge < -0.3 is 5.73 Å². The first-order chi connectivity index (χ1) is 7.38. The zero-order valence-corrected chi connectivity index (χ0v) is 8.47. The number of fused-ring (bicyclic) bond motifs is 1. The Hall–Kier alpha value is -1.56. The van der Waals surface area contributed by atoms with Crippen molar-refractivity contribution >= 4 is 28.2 Å². The Bertz CT molecular complexity index is 553. The van der Waals surface area contributed by atoms with E-state index < -0.39 is 11.9 Å². The minimum atomic E-state index is -4.54. The lowest BCUT2D eigenvalue weighted by molar-refractivity contribution is -0.141. The van der Waals surface area contributed by atoms with Crippen LogP contribution in [-0.2, 0) is 6.18 Å². The fraction of sp³-hybridized carbons (Fsp3) is 0.111.